The third kappa shape index (κ3) is 9.90. The Balaban J connectivity index is 0.000000189. The van der Waals surface area contributed by atoms with Crippen LogP contribution in [0.1, 0.15) is 107 Å². The van der Waals surface area contributed by atoms with Crippen LogP contribution in [0.3, 0.4) is 0 Å². The van der Waals surface area contributed by atoms with E-state index in [4.69, 9.17) is 29.9 Å². The number of nitriles is 2. The van der Waals surface area contributed by atoms with Gasteiger partial charge in [-0.25, -0.2) is 14.8 Å². The summed E-state index contributed by atoms with van der Waals surface area (Å²) in [7, 11) is 0. The molecular formula is C47H48N8O4S2. The Bertz CT molecular complexity index is 2650. The third-order valence-electron chi connectivity index (χ3n) is 10.0. The van der Waals surface area contributed by atoms with E-state index in [1.807, 2.05) is 90.9 Å². The molecule has 0 radical (unpaired) electrons. The van der Waals surface area contributed by atoms with Gasteiger partial charge < -0.3 is 25.3 Å². The van der Waals surface area contributed by atoms with Crippen molar-refractivity contribution in [3.8, 4) is 67.6 Å². The van der Waals surface area contributed by atoms with Crippen molar-refractivity contribution in [2.24, 2.45) is 5.73 Å². The van der Waals surface area contributed by atoms with Crippen LogP contribution in [0.2, 0.25) is 0 Å². The highest BCUT2D eigenvalue weighted by Gasteiger charge is 2.29. The average Bonchev–Trinajstić information content (AvgIpc) is 4.05. The van der Waals surface area contributed by atoms with E-state index in [0.717, 1.165) is 63.5 Å². The minimum Gasteiger partial charge on any atom is -0.490 e. The Morgan fingerprint density at radius 3 is 1.74 bits per heavy atom. The Hall–Kier alpha value is -6.19. The van der Waals surface area contributed by atoms with Crippen LogP contribution in [0.5, 0.6) is 11.5 Å². The molecule has 12 nitrogen and oxygen atoms in total. The van der Waals surface area contributed by atoms with Crippen molar-refractivity contribution < 1.29 is 19.0 Å². The number of alkyl carbamates (subject to hydrolysis) is 1. The first-order valence-corrected chi connectivity index (χ1v) is 21.8. The first-order valence-electron chi connectivity index (χ1n) is 20.3. The first-order chi connectivity index (χ1) is 29.2. The summed E-state index contributed by atoms with van der Waals surface area (Å²) in [5.41, 5.74) is 15.1. The van der Waals surface area contributed by atoms with E-state index >= 15 is 0 Å². The van der Waals surface area contributed by atoms with Crippen molar-refractivity contribution >= 4 is 29.2 Å². The van der Waals surface area contributed by atoms with Gasteiger partial charge in [0.15, 0.2) is 11.6 Å². The smallest absolute Gasteiger partial charge is 0.408 e. The summed E-state index contributed by atoms with van der Waals surface area (Å²) in [6.07, 6.45) is 3.17. The van der Waals surface area contributed by atoms with Crippen molar-refractivity contribution in [2.75, 3.05) is 0 Å². The van der Waals surface area contributed by atoms with Crippen LogP contribution in [0, 0.1) is 22.7 Å². The summed E-state index contributed by atoms with van der Waals surface area (Å²) >= 11 is 2.70. The van der Waals surface area contributed by atoms with Gasteiger partial charge in [-0.05, 0) is 156 Å². The molecule has 6 aromatic rings. The molecule has 0 aliphatic heterocycles. The first kappa shape index (κ1) is 42.9. The van der Waals surface area contributed by atoms with Gasteiger partial charge in [0.05, 0.1) is 29.4 Å². The molecule has 8 rings (SSSR count). The Morgan fingerprint density at radius 2 is 1.25 bits per heavy atom. The molecule has 1 amide bonds. The molecule has 2 heterocycles. The van der Waals surface area contributed by atoms with Gasteiger partial charge in [-0.1, -0.05) is 36.4 Å². The zero-order valence-corrected chi connectivity index (χ0v) is 36.9. The van der Waals surface area contributed by atoms with E-state index in [1.165, 1.54) is 39.8 Å². The van der Waals surface area contributed by atoms with Gasteiger partial charge in [0, 0.05) is 28.3 Å². The van der Waals surface area contributed by atoms with Gasteiger partial charge >= 0.3 is 6.09 Å². The van der Waals surface area contributed by atoms with Gasteiger partial charge in [0.25, 0.3) is 0 Å². The standard InChI is InChI=1S/C26H28N4O3S.C21H20N4OS/c1-15(2)32-22-12-9-16(13-17(22)14-27)23-29-24(34-30-23)20-8-6-7-19-18(20)10-11-21(19)28-25(31)33-26(3,4)5;1-12(2)26-19-9-6-13(10-14(19)11-22)20-24-21(27-25-20)17-5-3-4-16-15(17)7-8-18(16)23/h6-9,12-13,15,21H,10-11H2,1-5H3,(H,28,31);3-6,9-10,12,18H,7-8,23H2,1-2H3/t21-;18-/m00/s1. The van der Waals surface area contributed by atoms with E-state index < -0.39 is 11.7 Å². The molecule has 2 aliphatic rings. The van der Waals surface area contributed by atoms with E-state index in [9.17, 15) is 15.3 Å². The molecule has 2 atom stereocenters. The number of hydrogen-bond acceptors (Lipinski definition) is 13. The van der Waals surface area contributed by atoms with E-state index in [0.29, 0.717) is 34.3 Å². The number of nitrogens with zero attached hydrogens (tertiary/aromatic N) is 6. The Kier molecular flexibility index (Phi) is 12.8. The minimum absolute atomic E-state index is 0.0125. The lowest BCUT2D eigenvalue weighted by Gasteiger charge is -2.22. The predicted octanol–water partition coefficient (Wildman–Crippen LogP) is 10.5. The summed E-state index contributed by atoms with van der Waals surface area (Å²) in [6.45, 7) is 13.3. The minimum atomic E-state index is -0.541. The molecule has 0 fully saturated rings. The average molecular weight is 853 g/mol. The summed E-state index contributed by atoms with van der Waals surface area (Å²) < 4.78 is 25.9. The second kappa shape index (κ2) is 18.2. The second-order valence-corrected chi connectivity index (χ2v) is 18.0. The molecule has 61 heavy (non-hydrogen) atoms. The molecule has 0 saturated heterocycles. The van der Waals surface area contributed by atoms with Crippen LogP contribution >= 0.6 is 23.1 Å². The number of amides is 1. The van der Waals surface area contributed by atoms with Gasteiger partial charge in [-0.2, -0.15) is 19.3 Å². The second-order valence-electron chi connectivity index (χ2n) is 16.5. The zero-order chi connectivity index (χ0) is 43.4. The fourth-order valence-electron chi connectivity index (χ4n) is 7.47. The van der Waals surface area contributed by atoms with Crippen LogP contribution < -0.4 is 20.5 Å². The SMILES string of the molecule is CC(C)Oc1ccc(-c2nsc(-c3cccc4c3CC[C@@H]4N)n2)cc1C#N.CC(C)Oc1ccc(-c2nsc(-c3cccc4c3CC[C@@H]4NC(=O)OC(C)(C)C)n2)cc1C#N. The third-order valence-corrected chi connectivity index (χ3v) is 11.5. The van der Waals surface area contributed by atoms with Crippen molar-refractivity contribution in [3.05, 3.63) is 106 Å². The molecule has 312 valence electrons. The van der Waals surface area contributed by atoms with Gasteiger partial charge in [-0.15, -0.1) is 0 Å². The predicted molar refractivity (Wildman–Crippen MR) is 238 cm³/mol. The van der Waals surface area contributed by atoms with Crippen LogP contribution in [-0.4, -0.2) is 42.6 Å². The fourth-order valence-corrected chi connectivity index (χ4v) is 8.94. The summed E-state index contributed by atoms with van der Waals surface area (Å²) in [5, 5.41) is 23.7. The zero-order valence-electron chi connectivity index (χ0n) is 35.3. The van der Waals surface area contributed by atoms with Gasteiger partial charge in [0.2, 0.25) is 0 Å². The summed E-state index contributed by atoms with van der Waals surface area (Å²) in [5.74, 6) is 2.34. The Labute approximate surface area is 364 Å². The van der Waals surface area contributed by atoms with Crippen LogP contribution in [-0.2, 0) is 17.6 Å². The number of fused-ring (bicyclic) bond motifs is 2. The quantitative estimate of drug-likeness (QED) is 0.141. The molecule has 3 N–H and O–H groups in total. The fraction of sp³-hybridized carbons (Fsp3) is 0.340. The monoisotopic (exact) mass is 852 g/mol. The number of aromatic nitrogens is 4. The molecule has 0 unspecified atom stereocenters. The summed E-state index contributed by atoms with van der Waals surface area (Å²) in [6, 6.07) is 27.6. The number of ether oxygens (including phenoxy) is 3. The number of nitrogens with two attached hydrogens (primary N) is 1. The number of nitrogens with one attached hydrogen (secondary N) is 1. The number of carbonyl (C=O) groups excluding carboxylic acids is 1. The molecule has 0 bridgehead atoms. The summed E-state index contributed by atoms with van der Waals surface area (Å²) in [4.78, 5) is 21.8. The maximum Gasteiger partial charge on any atom is 0.408 e. The van der Waals surface area contributed by atoms with E-state index in [1.54, 1.807) is 18.2 Å². The highest BCUT2D eigenvalue weighted by atomic mass is 32.1. The van der Waals surface area contributed by atoms with Crippen molar-refractivity contribution in [2.45, 2.75) is 104 Å². The number of hydrogen-bond donors (Lipinski definition) is 2. The highest BCUT2D eigenvalue weighted by molar-refractivity contribution is 7.09. The number of benzene rings is 4. The molecule has 0 spiro atoms. The molecule has 2 aromatic heterocycles. The lowest BCUT2D eigenvalue weighted by Crippen LogP contribution is -2.34. The van der Waals surface area contributed by atoms with E-state index in [-0.39, 0.29) is 24.3 Å². The maximum atomic E-state index is 12.3. The molecule has 0 saturated carbocycles. The lowest BCUT2D eigenvalue weighted by atomic mass is 10.0. The van der Waals surface area contributed by atoms with Crippen molar-refractivity contribution in [1.29, 1.82) is 10.5 Å². The van der Waals surface area contributed by atoms with E-state index in [2.05, 4.69) is 38.3 Å². The van der Waals surface area contributed by atoms with Crippen LogP contribution in [0.15, 0.2) is 72.8 Å². The maximum absolute atomic E-state index is 12.3. The normalized spacial score (nSPS) is 15.3. The highest BCUT2D eigenvalue weighted by Crippen LogP contribution is 2.40. The van der Waals surface area contributed by atoms with Gasteiger partial charge in [-0.3, -0.25) is 0 Å². The Morgan fingerprint density at radius 1 is 0.754 bits per heavy atom. The number of rotatable bonds is 9. The largest absolute Gasteiger partial charge is 0.490 e. The van der Waals surface area contributed by atoms with Gasteiger partial charge in [0.1, 0.15) is 39.3 Å². The number of carbonyl (C=O) groups is 1. The lowest BCUT2D eigenvalue weighted by molar-refractivity contribution is 0.0503. The van der Waals surface area contributed by atoms with Crippen molar-refractivity contribution in [3.63, 3.8) is 0 Å². The van der Waals surface area contributed by atoms with Crippen LogP contribution in [0.4, 0.5) is 4.79 Å². The van der Waals surface area contributed by atoms with Crippen molar-refractivity contribution in [1.82, 2.24) is 24.0 Å². The van der Waals surface area contributed by atoms with Crippen LogP contribution in [0.25, 0.3) is 43.9 Å². The molecule has 14 heteroatoms. The molecule has 4 aromatic carbocycles. The molecule has 2 aliphatic carbocycles. The molecular weight excluding hydrogens is 805 g/mol. The topological polar surface area (TPSA) is 182 Å².